The fourth-order valence-electron chi connectivity index (χ4n) is 0.939. The van der Waals surface area contributed by atoms with E-state index in [-0.39, 0.29) is 0 Å². The average Bonchev–Trinajstić information content (AvgIpc) is 2.31. The van der Waals surface area contributed by atoms with E-state index in [1.165, 1.54) is 0 Å². The number of halogens is 1. The molecule has 56 valence electrons. The van der Waals surface area contributed by atoms with Crippen LogP contribution < -0.4 is 5.76 Å². The van der Waals surface area contributed by atoms with Crippen molar-refractivity contribution in [2.45, 2.75) is 0 Å². The third-order valence-electron chi connectivity index (χ3n) is 1.40. The minimum atomic E-state index is -0.399. The smallest absolute Gasteiger partial charge is 0.407 e. The Bertz CT molecular complexity index is 443. The Labute approximate surface area is 75.6 Å². The van der Waals surface area contributed by atoms with Crippen LogP contribution in [0.15, 0.2) is 27.4 Å². The highest BCUT2D eigenvalue weighted by molar-refractivity contribution is 14.1. The van der Waals surface area contributed by atoms with Crippen LogP contribution in [-0.4, -0.2) is 4.98 Å². The van der Waals surface area contributed by atoms with Crippen LogP contribution >= 0.6 is 22.6 Å². The number of oxazole rings is 1. The number of aromatic amines is 1. The zero-order chi connectivity index (χ0) is 7.84. The maximum atomic E-state index is 10.7. The van der Waals surface area contributed by atoms with Crippen molar-refractivity contribution in [1.82, 2.24) is 4.98 Å². The van der Waals surface area contributed by atoms with Crippen molar-refractivity contribution in [2.24, 2.45) is 0 Å². The van der Waals surface area contributed by atoms with Crippen LogP contribution in [0.4, 0.5) is 0 Å². The van der Waals surface area contributed by atoms with Crippen molar-refractivity contribution in [1.29, 1.82) is 0 Å². The summed E-state index contributed by atoms with van der Waals surface area (Å²) in [5.41, 5.74) is 1.39. The molecule has 3 nitrogen and oxygen atoms in total. The van der Waals surface area contributed by atoms with Crippen LogP contribution in [-0.2, 0) is 0 Å². The summed E-state index contributed by atoms with van der Waals surface area (Å²) in [5, 5.41) is 0. The molecular formula is C7H4INO2. The van der Waals surface area contributed by atoms with Gasteiger partial charge in [0.2, 0.25) is 0 Å². The summed E-state index contributed by atoms with van der Waals surface area (Å²) in [6, 6.07) is 5.57. The van der Waals surface area contributed by atoms with Crippen molar-refractivity contribution in [3.8, 4) is 0 Å². The number of aromatic nitrogens is 1. The molecule has 2 rings (SSSR count). The number of para-hydroxylation sites is 1. The molecule has 0 aliphatic carbocycles. The lowest BCUT2D eigenvalue weighted by atomic mass is 10.3. The second kappa shape index (κ2) is 2.37. The maximum Gasteiger partial charge on any atom is 0.417 e. The van der Waals surface area contributed by atoms with Gasteiger partial charge in [0.25, 0.3) is 0 Å². The van der Waals surface area contributed by atoms with E-state index in [2.05, 4.69) is 27.6 Å². The van der Waals surface area contributed by atoms with Crippen LogP contribution in [0, 0.1) is 3.57 Å². The van der Waals surface area contributed by atoms with E-state index in [1.807, 2.05) is 18.2 Å². The van der Waals surface area contributed by atoms with Gasteiger partial charge in [0.05, 0.1) is 9.09 Å². The zero-order valence-electron chi connectivity index (χ0n) is 5.43. The van der Waals surface area contributed by atoms with Gasteiger partial charge in [-0.2, -0.15) is 0 Å². The molecule has 0 aliphatic rings. The van der Waals surface area contributed by atoms with Crippen LogP contribution in [0.2, 0.25) is 0 Å². The summed E-state index contributed by atoms with van der Waals surface area (Å²) >= 11 is 2.12. The van der Waals surface area contributed by atoms with Crippen LogP contribution in [0.5, 0.6) is 0 Å². The minimum absolute atomic E-state index is 0.399. The number of benzene rings is 1. The molecule has 0 radical (unpaired) electrons. The summed E-state index contributed by atoms with van der Waals surface area (Å²) in [6.07, 6.45) is 0. The standard InChI is InChI=1S/C7H4INO2/c8-4-2-1-3-5-6(4)11-7(10)9-5/h1-3H,(H,9,10). The van der Waals surface area contributed by atoms with Gasteiger partial charge in [0.15, 0.2) is 5.58 Å². The molecule has 0 fully saturated rings. The Morgan fingerprint density at radius 3 is 3.00 bits per heavy atom. The maximum absolute atomic E-state index is 10.7. The Balaban J connectivity index is 3.01. The molecule has 0 atom stereocenters. The number of fused-ring (bicyclic) bond motifs is 1. The molecule has 2 aromatic rings. The summed E-state index contributed by atoms with van der Waals surface area (Å²) in [4.78, 5) is 13.3. The quantitative estimate of drug-likeness (QED) is 0.734. The fourth-order valence-corrected chi connectivity index (χ4v) is 1.55. The predicted octanol–water partition coefficient (Wildman–Crippen LogP) is 1.73. The molecule has 0 amide bonds. The number of H-pyrrole nitrogens is 1. The van der Waals surface area contributed by atoms with Crippen LogP contribution in [0.1, 0.15) is 0 Å². The fraction of sp³-hybridized carbons (Fsp3) is 0. The number of nitrogens with one attached hydrogen (secondary N) is 1. The molecule has 1 aromatic carbocycles. The third kappa shape index (κ3) is 1.07. The van der Waals surface area contributed by atoms with Gasteiger partial charge in [-0.1, -0.05) is 6.07 Å². The molecule has 0 saturated heterocycles. The van der Waals surface area contributed by atoms with Crippen LogP contribution in [0.25, 0.3) is 11.1 Å². The normalized spacial score (nSPS) is 10.6. The van der Waals surface area contributed by atoms with E-state index in [4.69, 9.17) is 4.42 Å². The van der Waals surface area contributed by atoms with Crippen molar-refractivity contribution >= 4 is 33.7 Å². The van der Waals surface area contributed by atoms with Gasteiger partial charge in [-0.25, -0.2) is 4.79 Å². The second-order valence-electron chi connectivity index (χ2n) is 2.13. The number of hydrogen-bond acceptors (Lipinski definition) is 2. The Morgan fingerprint density at radius 2 is 2.27 bits per heavy atom. The minimum Gasteiger partial charge on any atom is -0.407 e. The van der Waals surface area contributed by atoms with E-state index in [0.29, 0.717) is 5.58 Å². The van der Waals surface area contributed by atoms with Crippen molar-refractivity contribution in [3.05, 3.63) is 32.3 Å². The summed E-state index contributed by atoms with van der Waals surface area (Å²) in [7, 11) is 0. The van der Waals surface area contributed by atoms with Gasteiger partial charge >= 0.3 is 5.76 Å². The molecular weight excluding hydrogens is 257 g/mol. The SMILES string of the molecule is O=c1[nH]c2cccc(I)c2o1. The highest BCUT2D eigenvalue weighted by Crippen LogP contribution is 2.16. The lowest BCUT2D eigenvalue weighted by Gasteiger charge is -1.87. The van der Waals surface area contributed by atoms with Crippen molar-refractivity contribution in [3.63, 3.8) is 0 Å². The molecule has 0 unspecified atom stereocenters. The molecule has 11 heavy (non-hydrogen) atoms. The van der Waals surface area contributed by atoms with Gasteiger partial charge in [0, 0.05) is 0 Å². The molecule has 1 N–H and O–H groups in total. The predicted molar refractivity (Wildman–Crippen MR) is 49.6 cm³/mol. The average molecular weight is 261 g/mol. The van der Waals surface area contributed by atoms with E-state index >= 15 is 0 Å². The summed E-state index contributed by atoms with van der Waals surface area (Å²) in [6.45, 7) is 0. The summed E-state index contributed by atoms with van der Waals surface area (Å²) in [5.74, 6) is -0.399. The van der Waals surface area contributed by atoms with Gasteiger partial charge in [-0.15, -0.1) is 0 Å². The van der Waals surface area contributed by atoms with Crippen LogP contribution in [0.3, 0.4) is 0 Å². The number of hydrogen-bond donors (Lipinski definition) is 1. The molecule has 1 heterocycles. The monoisotopic (exact) mass is 261 g/mol. The Hall–Kier alpha value is -0.780. The zero-order valence-corrected chi connectivity index (χ0v) is 7.58. The molecule has 0 saturated carbocycles. The van der Waals surface area contributed by atoms with E-state index < -0.39 is 5.76 Å². The summed E-state index contributed by atoms with van der Waals surface area (Å²) < 4.78 is 5.82. The molecule has 0 aliphatic heterocycles. The first-order chi connectivity index (χ1) is 5.27. The van der Waals surface area contributed by atoms with Crippen molar-refractivity contribution < 1.29 is 4.42 Å². The van der Waals surface area contributed by atoms with Gasteiger partial charge < -0.3 is 4.42 Å². The first-order valence-corrected chi connectivity index (χ1v) is 4.12. The molecule has 1 aromatic heterocycles. The second-order valence-corrected chi connectivity index (χ2v) is 3.29. The lowest BCUT2D eigenvalue weighted by molar-refractivity contribution is 0.554. The highest BCUT2D eigenvalue weighted by atomic mass is 127. The lowest BCUT2D eigenvalue weighted by Crippen LogP contribution is -1.92. The first-order valence-electron chi connectivity index (χ1n) is 3.05. The third-order valence-corrected chi connectivity index (χ3v) is 2.25. The van der Waals surface area contributed by atoms with E-state index in [9.17, 15) is 4.79 Å². The van der Waals surface area contributed by atoms with Gasteiger partial charge in [-0.3, -0.25) is 4.98 Å². The van der Waals surface area contributed by atoms with Crippen molar-refractivity contribution in [2.75, 3.05) is 0 Å². The largest absolute Gasteiger partial charge is 0.417 e. The van der Waals surface area contributed by atoms with E-state index in [0.717, 1.165) is 9.09 Å². The Kier molecular flexibility index (Phi) is 1.49. The topological polar surface area (TPSA) is 46.0 Å². The van der Waals surface area contributed by atoms with Gasteiger partial charge in [-0.05, 0) is 34.7 Å². The Morgan fingerprint density at radius 1 is 1.45 bits per heavy atom. The van der Waals surface area contributed by atoms with E-state index in [1.54, 1.807) is 0 Å². The highest BCUT2D eigenvalue weighted by Gasteiger charge is 2.02. The molecule has 0 bridgehead atoms. The first kappa shape index (κ1) is 6.90. The molecule has 0 spiro atoms. The molecule has 4 heteroatoms. The number of rotatable bonds is 0. The van der Waals surface area contributed by atoms with Gasteiger partial charge in [0.1, 0.15) is 0 Å².